The molecule has 0 amide bonds. The normalized spacial score (nSPS) is 12.0. The van der Waals surface area contributed by atoms with Crippen LogP contribution in [0.1, 0.15) is 12.0 Å². The third kappa shape index (κ3) is 4.96. The first-order valence-corrected chi connectivity index (χ1v) is 7.32. The second kappa shape index (κ2) is 7.91. The van der Waals surface area contributed by atoms with Crippen molar-refractivity contribution in [3.63, 3.8) is 0 Å². The molecule has 1 unspecified atom stereocenters. The number of rotatable bonds is 7. The van der Waals surface area contributed by atoms with E-state index in [1.54, 1.807) is 7.11 Å². The number of benzene rings is 2. The molecular formula is C17H20ClNO2. The Labute approximate surface area is 130 Å². The van der Waals surface area contributed by atoms with Gasteiger partial charge >= 0.3 is 0 Å². The topological polar surface area (TPSA) is 44.5 Å². The van der Waals surface area contributed by atoms with Crippen LogP contribution in [-0.4, -0.2) is 19.8 Å². The zero-order valence-electron chi connectivity index (χ0n) is 12.1. The van der Waals surface area contributed by atoms with Crippen molar-refractivity contribution < 1.29 is 9.47 Å². The third-order valence-corrected chi connectivity index (χ3v) is 3.44. The van der Waals surface area contributed by atoms with Crippen molar-refractivity contribution in [3.8, 4) is 11.5 Å². The first kappa shape index (κ1) is 15.7. The van der Waals surface area contributed by atoms with Gasteiger partial charge in [-0.3, -0.25) is 0 Å². The fraction of sp³-hybridized carbons (Fsp3) is 0.294. The largest absolute Gasteiger partial charge is 0.493 e. The Hall–Kier alpha value is -1.71. The van der Waals surface area contributed by atoms with Crippen LogP contribution in [0, 0.1) is 0 Å². The highest BCUT2D eigenvalue weighted by Crippen LogP contribution is 2.25. The van der Waals surface area contributed by atoms with E-state index in [1.165, 1.54) is 0 Å². The summed E-state index contributed by atoms with van der Waals surface area (Å²) in [4.78, 5) is 0. The van der Waals surface area contributed by atoms with Gasteiger partial charge in [0, 0.05) is 11.1 Å². The van der Waals surface area contributed by atoms with Crippen molar-refractivity contribution in [2.45, 2.75) is 18.9 Å². The SMILES string of the molecule is COc1ccccc1OCCC(N)Cc1cccc(Cl)c1. The van der Waals surface area contributed by atoms with Crippen LogP contribution >= 0.6 is 11.6 Å². The van der Waals surface area contributed by atoms with E-state index in [1.807, 2.05) is 48.5 Å². The molecule has 3 nitrogen and oxygen atoms in total. The highest BCUT2D eigenvalue weighted by Gasteiger charge is 2.07. The number of halogens is 1. The van der Waals surface area contributed by atoms with E-state index in [-0.39, 0.29) is 6.04 Å². The zero-order valence-corrected chi connectivity index (χ0v) is 12.8. The molecule has 0 fully saturated rings. The van der Waals surface area contributed by atoms with Gasteiger partial charge in [-0.05, 0) is 42.7 Å². The smallest absolute Gasteiger partial charge is 0.161 e. The number of nitrogens with two attached hydrogens (primary N) is 1. The molecular weight excluding hydrogens is 286 g/mol. The first-order valence-electron chi connectivity index (χ1n) is 6.95. The minimum Gasteiger partial charge on any atom is -0.493 e. The van der Waals surface area contributed by atoms with Crippen LogP contribution in [0.3, 0.4) is 0 Å². The molecule has 0 saturated carbocycles. The van der Waals surface area contributed by atoms with Gasteiger partial charge in [0.2, 0.25) is 0 Å². The van der Waals surface area contributed by atoms with Crippen LogP contribution in [0.5, 0.6) is 11.5 Å². The summed E-state index contributed by atoms with van der Waals surface area (Å²) in [7, 11) is 1.63. The van der Waals surface area contributed by atoms with Gasteiger partial charge in [-0.15, -0.1) is 0 Å². The average molecular weight is 306 g/mol. The van der Waals surface area contributed by atoms with Gasteiger partial charge in [-0.2, -0.15) is 0 Å². The first-order chi connectivity index (χ1) is 10.2. The predicted molar refractivity (Wildman–Crippen MR) is 86.2 cm³/mol. The molecule has 112 valence electrons. The van der Waals surface area contributed by atoms with Crippen molar-refractivity contribution in [2.24, 2.45) is 5.73 Å². The average Bonchev–Trinajstić information content (AvgIpc) is 2.47. The van der Waals surface area contributed by atoms with Crippen molar-refractivity contribution in [1.82, 2.24) is 0 Å². The molecule has 2 N–H and O–H groups in total. The molecule has 0 spiro atoms. The van der Waals surface area contributed by atoms with Crippen LogP contribution in [0.2, 0.25) is 5.02 Å². The lowest BCUT2D eigenvalue weighted by Gasteiger charge is -2.14. The van der Waals surface area contributed by atoms with Crippen LogP contribution in [0.25, 0.3) is 0 Å². The predicted octanol–water partition coefficient (Wildman–Crippen LogP) is 3.69. The Bertz CT molecular complexity index is 574. The van der Waals surface area contributed by atoms with E-state index in [0.29, 0.717) is 6.61 Å². The zero-order chi connectivity index (χ0) is 15.1. The van der Waals surface area contributed by atoms with Gasteiger partial charge in [0.05, 0.1) is 13.7 Å². The molecule has 2 aromatic carbocycles. The molecule has 0 radical (unpaired) electrons. The van der Waals surface area contributed by atoms with Gasteiger partial charge in [0.25, 0.3) is 0 Å². The van der Waals surface area contributed by atoms with Crippen molar-refractivity contribution in [2.75, 3.05) is 13.7 Å². The molecule has 0 aliphatic rings. The lowest BCUT2D eigenvalue weighted by Crippen LogP contribution is -2.25. The van der Waals surface area contributed by atoms with Crippen LogP contribution < -0.4 is 15.2 Å². The number of hydrogen-bond acceptors (Lipinski definition) is 3. The van der Waals surface area contributed by atoms with Crippen molar-refractivity contribution >= 4 is 11.6 Å². The molecule has 1 atom stereocenters. The number of para-hydroxylation sites is 2. The molecule has 0 bridgehead atoms. The van der Waals surface area contributed by atoms with E-state index in [4.69, 9.17) is 26.8 Å². The van der Waals surface area contributed by atoms with Gasteiger partial charge in [0.1, 0.15) is 0 Å². The minimum atomic E-state index is 0.0400. The highest BCUT2D eigenvalue weighted by atomic mass is 35.5. The molecule has 21 heavy (non-hydrogen) atoms. The van der Waals surface area contributed by atoms with E-state index < -0.39 is 0 Å². The quantitative estimate of drug-likeness (QED) is 0.848. The van der Waals surface area contributed by atoms with E-state index in [0.717, 1.165) is 34.9 Å². The second-order valence-electron chi connectivity index (χ2n) is 4.88. The third-order valence-electron chi connectivity index (χ3n) is 3.20. The second-order valence-corrected chi connectivity index (χ2v) is 5.32. The van der Waals surface area contributed by atoms with Crippen LogP contribution in [0.15, 0.2) is 48.5 Å². The standard InChI is InChI=1S/C17H20ClNO2/c1-20-16-7-2-3-8-17(16)21-10-9-15(19)12-13-5-4-6-14(18)11-13/h2-8,11,15H,9-10,12,19H2,1H3. The molecule has 0 aliphatic carbocycles. The molecule has 2 aromatic rings. The van der Waals surface area contributed by atoms with E-state index >= 15 is 0 Å². The summed E-state index contributed by atoms with van der Waals surface area (Å²) in [6.07, 6.45) is 1.56. The molecule has 0 aliphatic heterocycles. The number of methoxy groups -OCH3 is 1. The fourth-order valence-corrected chi connectivity index (χ4v) is 2.34. The molecule has 2 rings (SSSR count). The Morgan fingerprint density at radius 3 is 2.57 bits per heavy atom. The molecule has 0 heterocycles. The van der Waals surface area contributed by atoms with Crippen molar-refractivity contribution in [3.05, 3.63) is 59.1 Å². The monoisotopic (exact) mass is 305 g/mol. The summed E-state index contributed by atoms with van der Waals surface area (Å²) >= 11 is 5.97. The Morgan fingerprint density at radius 2 is 1.86 bits per heavy atom. The molecule has 0 saturated heterocycles. The van der Waals surface area contributed by atoms with Crippen LogP contribution in [-0.2, 0) is 6.42 Å². The summed E-state index contributed by atoms with van der Waals surface area (Å²) < 4.78 is 11.0. The fourth-order valence-electron chi connectivity index (χ4n) is 2.13. The summed E-state index contributed by atoms with van der Waals surface area (Å²) in [6, 6.07) is 15.4. The highest BCUT2D eigenvalue weighted by molar-refractivity contribution is 6.30. The lowest BCUT2D eigenvalue weighted by molar-refractivity contribution is 0.279. The van der Waals surface area contributed by atoms with Crippen LogP contribution in [0.4, 0.5) is 0 Å². The summed E-state index contributed by atoms with van der Waals surface area (Å²) in [5.41, 5.74) is 7.28. The number of ether oxygens (including phenoxy) is 2. The minimum absolute atomic E-state index is 0.0400. The summed E-state index contributed by atoms with van der Waals surface area (Å²) in [5.74, 6) is 1.48. The molecule has 0 aromatic heterocycles. The van der Waals surface area contributed by atoms with Gasteiger partial charge < -0.3 is 15.2 Å². The van der Waals surface area contributed by atoms with Crippen molar-refractivity contribution in [1.29, 1.82) is 0 Å². The Kier molecular flexibility index (Phi) is 5.90. The van der Waals surface area contributed by atoms with E-state index in [9.17, 15) is 0 Å². The summed E-state index contributed by atoms with van der Waals surface area (Å²) in [6.45, 7) is 0.558. The lowest BCUT2D eigenvalue weighted by atomic mass is 10.0. The number of hydrogen-bond donors (Lipinski definition) is 1. The Balaban J connectivity index is 1.80. The maximum atomic E-state index is 6.14. The van der Waals surface area contributed by atoms with E-state index in [2.05, 4.69) is 0 Å². The van der Waals surface area contributed by atoms with Gasteiger partial charge in [-0.1, -0.05) is 35.9 Å². The maximum absolute atomic E-state index is 6.14. The molecule has 4 heteroatoms. The summed E-state index contributed by atoms with van der Waals surface area (Å²) in [5, 5.41) is 0.741. The Morgan fingerprint density at radius 1 is 1.10 bits per heavy atom. The maximum Gasteiger partial charge on any atom is 0.161 e. The van der Waals surface area contributed by atoms with Gasteiger partial charge in [-0.25, -0.2) is 0 Å². The van der Waals surface area contributed by atoms with Gasteiger partial charge in [0.15, 0.2) is 11.5 Å².